The van der Waals surface area contributed by atoms with Gasteiger partial charge in [-0.3, -0.25) is 4.79 Å². The maximum absolute atomic E-state index is 10.4. The van der Waals surface area contributed by atoms with Gasteiger partial charge in [0, 0.05) is 4.83 Å². The van der Waals surface area contributed by atoms with Crippen molar-refractivity contribution in [3.05, 3.63) is 0 Å². The Balaban J connectivity index is 2.38. The first-order valence-corrected chi connectivity index (χ1v) is 4.97. The average Bonchev–Trinajstić information content (AvgIpc) is 2.65. The third-order valence-corrected chi connectivity index (χ3v) is 4.53. The number of carboxylic acids is 1. The van der Waals surface area contributed by atoms with Gasteiger partial charge >= 0.3 is 5.97 Å². The van der Waals surface area contributed by atoms with Crippen molar-refractivity contribution < 1.29 is 9.90 Å². The highest BCUT2D eigenvalue weighted by molar-refractivity contribution is 9.12. The van der Waals surface area contributed by atoms with Crippen LogP contribution in [0.5, 0.6) is 0 Å². The summed E-state index contributed by atoms with van der Waals surface area (Å²) in [7, 11) is 0. The van der Waals surface area contributed by atoms with E-state index in [1.54, 1.807) is 0 Å². The monoisotopic (exact) mass is 270 g/mol. The second kappa shape index (κ2) is 3.22. The van der Waals surface area contributed by atoms with E-state index in [1.807, 2.05) is 0 Å². The van der Waals surface area contributed by atoms with Gasteiger partial charge in [-0.1, -0.05) is 31.9 Å². The fraction of sp³-hybridized carbons (Fsp3) is 0.833. The molecule has 0 aliphatic heterocycles. The number of aliphatic carboxylic acids is 1. The Hall–Kier alpha value is 0.430. The van der Waals surface area contributed by atoms with E-state index in [0.29, 0.717) is 5.92 Å². The lowest BCUT2D eigenvalue weighted by molar-refractivity contribution is -0.136. The summed E-state index contributed by atoms with van der Waals surface area (Å²) in [6.45, 7) is 0. The van der Waals surface area contributed by atoms with Crippen molar-refractivity contribution in [1.82, 2.24) is 0 Å². The predicted molar refractivity (Wildman–Crippen MR) is 45.8 cm³/mol. The Labute approximate surface area is 76.2 Å². The van der Waals surface area contributed by atoms with Crippen LogP contribution < -0.4 is 0 Å². The smallest absolute Gasteiger partial charge is 0.318 e. The summed E-state index contributed by atoms with van der Waals surface area (Å²) in [6, 6.07) is 0. The van der Waals surface area contributed by atoms with Gasteiger partial charge in [0.2, 0.25) is 0 Å². The van der Waals surface area contributed by atoms with Gasteiger partial charge in [0.25, 0.3) is 0 Å². The number of hydrogen-bond donors (Lipinski definition) is 1. The number of carbonyl (C=O) groups is 1. The molecule has 4 heteroatoms. The van der Waals surface area contributed by atoms with Gasteiger partial charge in [-0.2, -0.15) is 0 Å². The molecule has 2 nitrogen and oxygen atoms in total. The van der Waals surface area contributed by atoms with Crippen molar-refractivity contribution in [2.75, 3.05) is 0 Å². The highest BCUT2D eigenvalue weighted by Crippen LogP contribution is 2.40. The first-order chi connectivity index (χ1) is 4.63. The molecule has 0 aromatic rings. The van der Waals surface area contributed by atoms with E-state index in [2.05, 4.69) is 31.9 Å². The zero-order chi connectivity index (χ0) is 7.72. The molecule has 1 fully saturated rings. The largest absolute Gasteiger partial charge is 0.480 e. The van der Waals surface area contributed by atoms with Gasteiger partial charge in [-0.25, -0.2) is 0 Å². The summed E-state index contributed by atoms with van der Waals surface area (Å²) in [6.07, 6.45) is 2.32. The van der Waals surface area contributed by atoms with Crippen molar-refractivity contribution in [2.24, 2.45) is 5.92 Å². The molecule has 0 heterocycles. The SMILES string of the molecule is O=C(O)C(Br)C(Br)C1CC1. The van der Waals surface area contributed by atoms with E-state index in [-0.39, 0.29) is 4.83 Å². The van der Waals surface area contributed by atoms with Gasteiger partial charge in [0.15, 0.2) is 0 Å². The molecule has 0 aromatic carbocycles. The van der Waals surface area contributed by atoms with Crippen LogP contribution in [0.25, 0.3) is 0 Å². The molecular formula is C6H8Br2O2. The maximum Gasteiger partial charge on any atom is 0.318 e. The van der Waals surface area contributed by atoms with E-state index in [0.717, 1.165) is 12.8 Å². The van der Waals surface area contributed by atoms with Crippen LogP contribution >= 0.6 is 31.9 Å². The summed E-state index contributed by atoms with van der Waals surface area (Å²) in [5, 5.41) is 8.55. The van der Waals surface area contributed by atoms with Gasteiger partial charge in [0.05, 0.1) is 0 Å². The topological polar surface area (TPSA) is 37.3 Å². The second-order valence-corrected chi connectivity index (χ2v) is 4.57. The first kappa shape index (κ1) is 8.53. The molecule has 10 heavy (non-hydrogen) atoms. The minimum absolute atomic E-state index is 0.102. The molecule has 1 rings (SSSR count). The Morgan fingerprint density at radius 3 is 2.30 bits per heavy atom. The number of hydrogen-bond acceptors (Lipinski definition) is 1. The summed E-state index contributed by atoms with van der Waals surface area (Å²) in [5.74, 6) is -0.214. The zero-order valence-corrected chi connectivity index (χ0v) is 8.43. The molecule has 0 amide bonds. The Bertz CT molecular complexity index is 145. The molecule has 1 saturated carbocycles. The molecule has 0 spiro atoms. The Kier molecular flexibility index (Phi) is 2.74. The lowest BCUT2D eigenvalue weighted by atomic mass is 10.2. The number of rotatable bonds is 3. The summed E-state index contributed by atoms with van der Waals surface area (Å²) >= 11 is 6.44. The molecular weight excluding hydrogens is 264 g/mol. The number of halogens is 2. The quantitative estimate of drug-likeness (QED) is 0.798. The van der Waals surface area contributed by atoms with Gasteiger partial charge < -0.3 is 5.11 Å². The zero-order valence-electron chi connectivity index (χ0n) is 5.26. The summed E-state index contributed by atoms with van der Waals surface area (Å²) in [4.78, 5) is 10.1. The molecule has 1 aliphatic carbocycles. The fourth-order valence-electron chi connectivity index (χ4n) is 0.790. The minimum Gasteiger partial charge on any atom is -0.480 e. The van der Waals surface area contributed by atoms with E-state index in [9.17, 15) is 4.79 Å². The van der Waals surface area contributed by atoms with Crippen molar-refractivity contribution in [3.8, 4) is 0 Å². The highest BCUT2D eigenvalue weighted by Gasteiger charge is 2.36. The van der Waals surface area contributed by atoms with Crippen molar-refractivity contribution in [3.63, 3.8) is 0 Å². The van der Waals surface area contributed by atoms with Gasteiger partial charge in [-0.05, 0) is 18.8 Å². The second-order valence-electron chi connectivity index (χ2n) is 2.52. The van der Waals surface area contributed by atoms with Crippen LogP contribution in [0.2, 0.25) is 0 Å². The standard InChI is InChI=1S/C6H8Br2O2/c7-4(3-1-2-3)5(8)6(9)10/h3-5H,1-2H2,(H,9,10). The summed E-state index contributed by atoms with van der Waals surface area (Å²) in [5.41, 5.74) is 0. The molecule has 1 aliphatic rings. The van der Waals surface area contributed by atoms with Crippen LogP contribution in [0.15, 0.2) is 0 Å². The first-order valence-electron chi connectivity index (χ1n) is 3.14. The highest BCUT2D eigenvalue weighted by atomic mass is 79.9. The van der Waals surface area contributed by atoms with Crippen LogP contribution in [0.3, 0.4) is 0 Å². The van der Waals surface area contributed by atoms with Crippen LogP contribution in [0.4, 0.5) is 0 Å². The third kappa shape index (κ3) is 1.95. The van der Waals surface area contributed by atoms with Crippen LogP contribution in [-0.2, 0) is 4.79 Å². The van der Waals surface area contributed by atoms with Crippen LogP contribution in [-0.4, -0.2) is 20.7 Å². The minimum atomic E-state index is -0.784. The fourth-order valence-corrected chi connectivity index (χ4v) is 1.98. The third-order valence-electron chi connectivity index (χ3n) is 1.59. The van der Waals surface area contributed by atoms with Crippen LogP contribution in [0.1, 0.15) is 12.8 Å². The average molecular weight is 272 g/mol. The molecule has 1 N–H and O–H groups in total. The Morgan fingerprint density at radius 2 is 2.00 bits per heavy atom. The lowest BCUT2D eigenvalue weighted by Gasteiger charge is -2.10. The molecule has 0 saturated heterocycles. The summed E-state index contributed by atoms with van der Waals surface area (Å²) < 4.78 is 0. The number of carboxylic acid groups (broad SMARTS) is 1. The van der Waals surface area contributed by atoms with Crippen molar-refractivity contribution >= 4 is 37.8 Å². The normalized spacial score (nSPS) is 23.8. The Morgan fingerprint density at radius 1 is 1.50 bits per heavy atom. The molecule has 0 bridgehead atoms. The van der Waals surface area contributed by atoms with E-state index in [4.69, 9.17) is 5.11 Å². The molecule has 58 valence electrons. The van der Waals surface area contributed by atoms with E-state index < -0.39 is 10.8 Å². The van der Waals surface area contributed by atoms with Gasteiger partial charge in [0.1, 0.15) is 4.83 Å². The van der Waals surface area contributed by atoms with Crippen molar-refractivity contribution in [2.45, 2.75) is 22.5 Å². The molecule has 2 atom stereocenters. The predicted octanol–water partition coefficient (Wildman–Crippen LogP) is 2.01. The van der Waals surface area contributed by atoms with Gasteiger partial charge in [-0.15, -0.1) is 0 Å². The molecule has 0 aromatic heterocycles. The maximum atomic E-state index is 10.4. The van der Waals surface area contributed by atoms with Crippen LogP contribution in [0, 0.1) is 5.92 Å². The number of alkyl halides is 2. The van der Waals surface area contributed by atoms with E-state index >= 15 is 0 Å². The molecule has 0 radical (unpaired) electrons. The van der Waals surface area contributed by atoms with Crippen molar-refractivity contribution in [1.29, 1.82) is 0 Å². The van der Waals surface area contributed by atoms with E-state index in [1.165, 1.54) is 0 Å². The molecule has 2 unspecified atom stereocenters. The lowest BCUT2D eigenvalue weighted by Crippen LogP contribution is -2.25.